The molecule has 1 aliphatic heterocycles. The van der Waals surface area contributed by atoms with Crippen molar-refractivity contribution in [2.75, 3.05) is 31.3 Å². The molecule has 0 spiro atoms. The van der Waals surface area contributed by atoms with Gasteiger partial charge >= 0.3 is 0 Å². The summed E-state index contributed by atoms with van der Waals surface area (Å²) < 4.78 is 7.33. The van der Waals surface area contributed by atoms with E-state index in [9.17, 15) is 0 Å². The Morgan fingerprint density at radius 1 is 1.33 bits per heavy atom. The second-order valence-electron chi connectivity index (χ2n) is 4.04. The van der Waals surface area contributed by atoms with E-state index in [-0.39, 0.29) is 0 Å². The van der Waals surface area contributed by atoms with Crippen LogP contribution < -0.4 is 5.01 Å². The number of nitrogens with zero attached hydrogens (tertiary/aromatic N) is 4. The van der Waals surface area contributed by atoms with Gasteiger partial charge in [0.2, 0.25) is 0 Å². The van der Waals surface area contributed by atoms with E-state index in [0.717, 1.165) is 30.1 Å². The van der Waals surface area contributed by atoms with Crippen molar-refractivity contribution >= 4 is 34.4 Å². The maximum absolute atomic E-state index is 5.96. The Morgan fingerprint density at radius 2 is 2.11 bits per heavy atom. The largest absolute Gasteiger partial charge is 0.378 e. The standard InChI is InChI=1S/C11H12Cl2N4O/c12-6-10-15-9-5-8(13)7-14-11(9)17(10)16-1-3-18-4-2-16/h5,7H,1-4,6H2. The van der Waals surface area contributed by atoms with E-state index in [0.29, 0.717) is 24.1 Å². The predicted molar refractivity (Wildman–Crippen MR) is 70.9 cm³/mol. The monoisotopic (exact) mass is 286 g/mol. The fourth-order valence-electron chi connectivity index (χ4n) is 2.11. The van der Waals surface area contributed by atoms with Gasteiger partial charge in [-0.1, -0.05) is 11.6 Å². The van der Waals surface area contributed by atoms with Crippen molar-refractivity contribution in [1.82, 2.24) is 14.6 Å². The van der Waals surface area contributed by atoms with Crippen molar-refractivity contribution in [3.05, 3.63) is 23.1 Å². The quantitative estimate of drug-likeness (QED) is 0.790. The molecular formula is C11H12Cl2N4O. The van der Waals surface area contributed by atoms with Crippen LogP contribution in [0.5, 0.6) is 0 Å². The Morgan fingerprint density at radius 3 is 2.83 bits per heavy atom. The third-order valence-corrected chi connectivity index (χ3v) is 3.34. The maximum Gasteiger partial charge on any atom is 0.179 e. The van der Waals surface area contributed by atoms with Gasteiger partial charge in [0.05, 0.1) is 37.2 Å². The van der Waals surface area contributed by atoms with Crippen LogP contribution in [0, 0.1) is 0 Å². The summed E-state index contributed by atoms with van der Waals surface area (Å²) in [6, 6.07) is 1.80. The van der Waals surface area contributed by atoms with Gasteiger partial charge in [-0.05, 0) is 6.07 Å². The van der Waals surface area contributed by atoms with Gasteiger partial charge in [-0.2, -0.15) is 0 Å². The maximum atomic E-state index is 5.96. The van der Waals surface area contributed by atoms with Crippen molar-refractivity contribution in [3.8, 4) is 0 Å². The number of pyridine rings is 1. The van der Waals surface area contributed by atoms with Crippen LogP contribution >= 0.6 is 23.2 Å². The van der Waals surface area contributed by atoms with Gasteiger partial charge in [0.1, 0.15) is 11.3 Å². The highest BCUT2D eigenvalue weighted by molar-refractivity contribution is 6.31. The number of alkyl halides is 1. The zero-order valence-electron chi connectivity index (χ0n) is 9.64. The number of imidazole rings is 1. The van der Waals surface area contributed by atoms with Gasteiger partial charge in [0, 0.05) is 6.20 Å². The number of fused-ring (bicyclic) bond motifs is 1. The van der Waals surface area contributed by atoms with E-state index >= 15 is 0 Å². The Hall–Kier alpha value is -1.04. The molecule has 0 N–H and O–H groups in total. The van der Waals surface area contributed by atoms with Crippen LogP contribution in [0.4, 0.5) is 0 Å². The molecule has 2 aromatic heterocycles. The molecule has 0 aromatic carbocycles. The van der Waals surface area contributed by atoms with Crippen molar-refractivity contribution in [2.45, 2.75) is 5.88 Å². The number of halogens is 2. The molecule has 7 heteroatoms. The summed E-state index contributed by atoms with van der Waals surface area (Å²) in [5, 5.41) is 2.73. The number of hydrogen-bond donors (Lipinski definition) is 0. The Balaban J connectivity index is 2.12. The smallest absolute Gasteiger partial charge is 0.179 e. The van der Waals surface area contributed by atoms with E-state index in [1.165, 1.54) is 0 Å². The topological polar surface area (TPSA) is 43.2 Å². The molecule has 0 amide bonds. The van der Waals surface area contributed by atoms with Crippen LogP contribution in [0.2, 0.25) is 5.02 Å². The van der Waals surface area contributed by atoms with E-state index in [2.05, 4.69) is 15.0 Å². The molecule has 1 saturated heterocycles. The highest BCUT2D eigenvalue weighted by Gasteiger charge is 2.19. The molecule has 5 nitrogen and oxygen atoms in total. The van der Waals surface area contributed by atoms with E-state index in [1.807, 2.05) is 4.68 Å². The summed E-state index contributed by atoms with van der Waals surface area (Å²) in [5.41, 5.74) is 1.56. The van der Waals surface area contributed by atoms with E-state index in [4.69, 9.17) is 27.9 Å². The molecule has 0 radical (unpaired) electrons. The molecular weight excluding hydrogens is 275 g/mol. The molecule has 1 aliphatic rings. The number of aromatic nitrogens is 3. The molecule has 1 fully saturated rings. The fourth-order valence-corrected chi connectivity index (χ4v) is 2.44. The molecule has 0 unspecified atom stereocenters. The van der Waals surface area contributed by atoms with Gasteiger partial charge in [-0.15, -0.1) is 11.6 Å². The van der Waals surface area contributed by atoms with Crippen LogP contribution in [0.3, 0.4) is 0 Å². The van der Waals surface area contributed by atoms with Gasteiger partial charge in [-0.3, -0.25) is 0 Å². The predicted octanol–water partition coefficient (Wildman–Crippen LogP) is 1.79. The van der Waals surface area contributed by atoms with Gasteiger partial charge in [-0.25, -0.2) is 14.6 Å². The van der Waals surface area contributed by atoms with Gasteiger partial charge in [0.15, 0.2) is 5.65 Å². The first-order chi connectivity index (χ1) is 8.79. The third-order valence-electron chi connectivity index (χ3n) is 2.90. The highest BCUT2D eigenvalue weighted by atomic mass is 35.5. The SMILES string of the molecule is ClCc1nc2cc(Cl)cnc2n1N1CCOCC1. The second-order valence-corrected chi connectivity index (χ2v) is 4.74. The first-order valence-corrected chi connectivity index (χ1v) is 6.62. The lowest BCUT2D eigenvalue weighted by molar-refractivity contribution is 0.111. The fraction of sp³-hybridized carbons (Fsp3) is 0.455. The van der Waals surface area contributed by atoms with E-state index in [1.54, 1.807) is 12.3 Å². The lowest BCUT2D eigenvalue weighted by Gasteiger charge is -2.30. The lowest BCUT2D eigenvalue weighted by atomic mass is 10.4. The highest BCUT2D eigenvalue weighted by Crippen LogP contribution is 2.20. The number of rotatable bonds is 2. The molecule has 0 saturated carbocycles. The van der Waals surface area contributed by atoms with Crippen LogP contribution in [0.15, 0.2) is 12.3 Å². The van der Waals surface area contributed by atoms with Crippen molar-refractivity contribution in [2.24, 2.45) is 0 Å². The first kappa shape index (κ1) is 12.0. The van der Waals surface area contributed by atoms with E-state index < -0.39 is 0 Å². The van der Waals surface area contributed by atoms with Gasteiger partial charge < -0.3 is 9.75 Å². The zero-order valence-corrected chi connectivity index (χ0v) is 11.2. The van der Waals surface area contributed by atoms with Crippen molar-refractivity contribution in [3.63, 3.8) is 0 Å². The average molecular weight is 287 g/mol. The minimum Gasteiger partial charge on any atom is -0.378 e. The molecule has 96 valence electrons. The molecule has 0 atom stereocenters. The van der Waals surface area contributed by atoms with Gasteiger partial charge in [0.25, 0.3) is 0 Å². The number of hydrogen-bond acceptors (Lipinski definition) is 4. The molecule has 2 aromatic rings. The molecule has 3 heterocycles. The Bertz CT molecular complexity index is 565. The molecule has 18 heavy (non-hydrogen) atoms. The summed E-state index contributed by atoms with van der Waals surface area (Å²) in [6.07, 6.45) is 1.63. The summed E-state index contributed by atoms with van der Waals surface area (Å²) in [5.74, 6) is 1.12. The van der Waals surface area contributed by atoms with Crippen LogP contribution in [0.25, 0.3) is 11.2 Å². The number of ether oxygens (including phenoxy) is 1. The lowest BCUT2D eigenvalue weighted by Crippen LogP contribution is -2.44. The van der Waals surface area contributed by atoms with Crippen LogP contribution in [-0.4, -0.2) is 40.9 Å². The first-order valence-electron chi connectivity index (χ1n) is 5.71. The summed E-state index contributed by atoms with van der Waals surface area (Å²) in [7, 11) is 0. The molecule has 0 aliphatic carbocycles. The summed E-state index contributed by atoms with van der Waals surface area (Å²) in [6.45, 7) is 3.02. The minimum absolute atomic E-state index is 0.339. The third kappa shape index (κ3) is 2.02. The van der Waals surface area contributed by atoms with Crippen molar-refractivity contribution in [1.29, 1.82) is 0 Å². The normalized spacial score (nSPS) is 16.4. The average Bonchev–Trinajstić information content (AvgIpc) is 2.77. The van der Waals surface area contributed by atoms with Crippen LogP contribution in [-0.2, 0) is 10.6 Å². The second kappa shape index (κ2) is 4.91. The Labute approximate surface area is 114 Å². The minimum atomic E-state index is 0.339. The van der Waals surface area contributed by atoms with Crippen LogP contribution in [0.1, 0.15) is 5.82 Å². The number of morpholine rings is 1. The molecule has 3 rings (SSSR count). The molecule has 0 bridgehead atoms. The summed E-state index contributed by atoms with van der Waals surface area (Å²) >= 11 is 11.9. The Kier molecular flexibility index (Phi) is 3.28. The summed E-state index contributed by atoms with van der Waals surface area (Å²) in [4.78, 5) is 8.82. The zero-order chi connectivity index (χ0) is 12.5. The van der Waals surface area contributed by atoms with Crippen molar-refractivity contribution < 1.29 is 4.74 Å².